The van der Waals surface area contributed by atoms with Gasteiger partial charge in [0.05, 0.1) is 11.1 Å². The molecule has 1 aliphatic rings. The molecule has 1 fully saturated rings. The number of thioether (sulfide) groups is 1. The fourth-order valence-electron chi connectivity index (χ4n) is 2.02. The monoisotopic (exact) mass is 265 g/mol. The first-order valence-corrected chi connectivity index (χ1v) is 6.88. The van der Waals surface area contributed by atoms with E-state index in [9.17, 15) is 9.59 Å². The summed E-state index contributed by atoms with van der Waals surface area (Å²) >= 11 is 1.33. The largest absolute Gasteiger partial charge is 0.481 e. The van der Waals surface area contributed by atoms with E-state index in [-0.39, 0.29) is 17.0 Å². The van der Waals surface area contributed by atoms with E-state index in [2.05, 4.69) is 0 Å². The number of carboxylic acids is 1. The molecule has 1 atom stereocenters. The van der Waals surface area contributed by atoms with E-state index in [1.54, 1.807) is 4.90 Å². The van der Waals surface area contributed by atoms with Crippen LogP contribution in [0.3, 0.4) is 0 Å². The summed E-state index contributed by atoms with van der Waals surface area (Å²) < 4.78 is 0. The number of hydrogen-bond acceptors (Lipinski definition) is 3. The highest BCUT2D eigenvalue weighted by Crippen LogP contribution is 2.29. The molecule has 1 saturated heterocycles. The summed E-state index contributed by atoms with van der Waals surface area (Å²) in [5.74, 6) is -0.677. The molecule has 18 heavy (non-hydrogen) atoms. The molecule has 1 N–H and O–H groups in total. The van der Waals surface area contributed by atoms with E-state index in [1.807, 2.05) is 30.3 Å². The van der Waals surface area contributed by atoms with Crippen LogP contribution in [0.5, 0.6) is 0 Å². The third-order valence-electron chi connectivity index (χ3n) is 2.87. The van der Waals surface area contributed by atoms with Crippen molar-refractivity contribution in [2.75, 3.05) is 5.75 Å². The highest BCUT2D eigenvalue weighted by Gasteiger charge is 2.31. The van der Waals surface area contributed by atoms with Gasteiger partial charge in [-0.1, -0.05) is 30.3 Å². The quantitative estimate of drug-likeness (QED) is 0.884. The van der Waals surface area contributed by atoms with Crippen molar-refractivity contribution < 1.29 is 14.7 Å². The zero-order chi connectivity index (χ0) is 13.0. The van der Waals surface area contributed by atoms with Gasteiger partial charge in [-0.2, -0.15) is 0 Å². The summed E-state index contributed by atoms with van der Waals surface area (Å²) in [5, 5.41) is 8.69. The first kappa shape index (κ1) is 13.0. The molecule has 1 amide bonds. The second-order valence-electron chi connectivity index (χ2n) is 4.21. The lowest BCUT2D eigenvalue weighted by molar-refractivity contribution is -0.134. The lowest BCUT2D eigenvalue weighted by Gasteiger charge is -2.24. The van der Waals surface area contributed by atoms with Gasteiger partial charge < -0.3 is 10.0 Å². The van der Waals surface area contributed by atoms with Crippen LogP contribution >= 0.6 is 11.8 Å². The van der Waals surface area contributed by atoms with Crippen LogP contribution in [-0.2, 0) is 16.1 Å². The van der Waals surface area contributed by atoms with Crippen molar-refractivity contribution in [1.82, 2.24) is 4.90 Å². The number of carbonyl (C=O) groups excluding carboxylic acids is 1. The molecule has 1 aromatic carbocycles. The fraction of sp³-hybridized carbons (Fsp3) is 0.385. The second kappa shape index (κ2) is 5.91. The van der Waals surface area contributed by atoms with E-state index in [4.69, 9.17) is 5.11 Å². The SMILES string of the molecule is O=C(O)CSC1CCC(=O)N1Cc1ccccc1. The molecule has 4 nitrogen and oxygen atoms in total. The molecular formula is C13H15NO3S. The number of likely N-dealkylation sites (tertiary alicyclic amines) is 1. The molecule has 0 bridgehead atoms. The summed E-state index contributed by atoms with van der Waals surface area (Å²) in [5.41, 5.74) is 1.08. The average molecular weight is 265 g/mol. The first-order chi connectivity index (χ1) is 8.66. The van der Waals surface area contributed by atoms with E-state index in [0.29, 0.717) is 13.0 Å². The zero-order valence-corrected chi connectivity index (χ0v) is 10.7. The van der Waals surface area contributed by atoms with Crippen LogP contribution in [0.1, 0.15) is 18.4 Å². The fourth-order valence-corrected chi connectivity index (χ4v) is 3.01. The van der Waals surface area contributed by atoms with Crippen molar-refractivity contribution in [2.24, 2.45) is 0 Å². The Morgan fingerprint density at radius 2 is 2.11 bits per heavy atom. The number of benzene rings is 1. The van der Waals surface area contributed by atoms with Crippen molar-refractivity contribution in [3.8, 4) is 0 Å². The van der Waals surface area contributed by atoms with E-state index < -0.39 is 5.97 Å². The lowest BCUT2D eigenvalue weighted by Crippen LogP contribution is -2.31. The third-order valence-corrected chi connectivity index (χ3v) is 4.16. The van der Waals surface area contributed by atoms with Gasteiger partial charge in [0.25, 0.3) is 0 Å². The van der Waals surface area contributed by atoms with Gasteiger partial charge in [0.15, 0.2) is 0 Å². The van der Waals surface area contributed by atoms with Gasteiger partial charge in [-0.15, -0.1) is 11.8 Å². The molecule has 2 rings (SSSR count). The summed E-state index contributed by atoms with van der Waals surface area (Å²) in [4.78, 5) is 24.2. The molecule has 1 unspecified atom stereocenters. The number of hydrogen-bond donors (Lipinski definition) is 1. The Morgan fingerprint density at radius 1 is 1.39 bits per heavy atom. The van der Waals surface area contributed by atoms with E-state index >= 15 is 0 Å². The molecule has 0 aliphatic carbocycles. The van der Waals surface area contributed by atoms with Crippen LogP contribution in [0.2, 0.25) is 0 Å². The van der Waals surface area contributed by atoms with Crippen molar-refractivity contribution >= 4 is 23.6 Å². The Bertz CT molecular complexity index is 435. The summed E-state index contributed by atoms with van der Waals surface area (Å²) in [7, 11) is 0. The maximum absolute atomic E-state index is 11.8. The van der Waals surface area contributed by atoms with E-state index in [1.165, 1.54) is 11.8 Å². The maximum Gasteiger partial charge on any atom is 0.313 e. The summed E-state index contributed by atoms with van der Waals surface area (Å²) in [6, 6.07) is 9.77. The van der Waals surface area contributed by atoms with Gasteiger partial charge in [-0.3, -0.25) is 9.59 Å². The molecule has 0 saturated carbocycles. The number of amides is 1. The van der Waals surface area contributed by atoms with Crippen LogP contribution in [0, 0.1) is 0 Å². The van der Waals surface area contributed by atoms with Gasteiger partial charge in [0.2, 0.25) is 5.91 Å². The standard InChI is InChI=1S/C13H15NO3S/c15-11-6-7-12(18-9-13(16)17)14(11)8-10-4-2-1-3-5-10/h1-5,12H,6-9H2,(H,16,17). The van der Waals surface area contributed by atoms with E-state index in [0.717, 1.165) is 12.0 Å². The molecule has 1 aliphatic heterocycles. The minimum atomic E-state index is -0.834. The minimum absolute atomic E-state index is 0.00574. The Morgan fingerprint density at radius 3 is 2.78 bits per heavy atom. The highest BCUT2D eigenvalue weighted by molar-refractivity contribution is 8.00. The van der Waals surface area contributed by atoms with Gasteiger partial charge >= 0.3 is 5.97 Å². The Balaban J connectivity index is 1.99. The summed E-state index contributed by atoms with van der Waals surface area (Å²) in [6.45, 7) is 0.566. The third kappa shape index (κ3) is 3.26. The number of nitrogens with zero attached hydrogens (tertiary/aromatic N) is 1. The van der Waals surface area contributed by atoms with Crippen LogP contribution in [0.15, 0.2) is 30.3 Å². The number of carbonyl (C=O) groups is 2. The maximum atomic E-state index is 11.8. The lowest BCUT2D eigenvalue weighted by atomic mass is 10.2. The van der Waals surface area contributed by atoms with Gasteiger partial charge in [0, 0.05) is 13.0 Å². The smallest absolute Gasteiger partial charge is 0.313 e. The predicted octanol–water partition coefficient (Wildman–Crippen LogP) is 1.95. The van der Waals surface area contributed by atoms with Gasteiger partial charge in [-0.25, -0.2) is 0 Å². The Labute approximate surface area is 110 Å². The summed E-state index contributed by atoms with van der Waals surface area (Å²) in [6.07, 6.45) is 1.26. The Hall–Kier alpha value is -1.49. The molecule has 1 heterocycles. The van der Waals surface area contributed by atoms with Gasteiger partial charge in [0.1, 0.15) is 0 Å². The van der Waals surface area contributed by atoms with Crippen molar-refractivity contribution in [2.45, 2.75) is 24.8 Å². The molecule has 0 radical (unpaired) electrons. The first-order valence-electron chi connectivity index (χ1n) is 5.83. The molecule has 0 aromatic heterocycles. The minimum Gasteiger partial charge on any atom is -0.481 e. The van der Waals surface area contributed by atoms with Crippen LogP contribution in [0.25, 0.3) is 0 Å². The number of aliphatic carboxylic acids is 1. The molecule has 0 spiro atoms. The molecule has 96 valence electrons. The van der Waals surface area contributed by atoms with Crippen molar-refractivity contribution in [1.29, 1.82) is 0 Å². The Kier molecular flexibility index (Phi) is 4.25. The zero-order valence-electron chi connectivity index (χ0n) is 9.91. The number of carboxylic acid groups (broad SMARTS) is 1. The highest BCUT2D eigenvalue weighted by atomic mass is 32.2. The predicted molar refractivity (Wildman–Crippen MR) is 70.1 cm³/mol. The normalized spacial score (nSPS) is 19.2. The molecular weight excluding hydrogens is 250 g/mol. The van der Waals surface area contributed by atoms with Crippen LogP contribution in [0.4, 0.5) is 0 Å². The topological polar surface area (TPSA) is 57.6 Å². The van der Waals surface area contributed by atoms with Crippen molar-refractivity contribution in [3.63, 3.8) is 0 Å². The van der Waals surface area contributed by atoms with Crippen LogP contribution in [-0.4, -0.2) is 33.0 Å². The number of rotatable bonds is 5. The van der Waals surface area contributed by atoms with Gasteiger partial charge in [-0.05, 0) is 12.0 Å². The van der Waals surface area contributed by atoms with Crippen LogP contribution < -0.4 is 0 Å². The molecule has 1 aromatic rings. The average Bonchev–Trinajstić information content (AvgIpc) is 2.70. The molecule has 5 heteroatoms. The van der Waals surface area contributed by atoms with Crippen molar-refractivity contribution in [3.05, 3.63) is 35.9 Å². The second-order valence-corrected chi connectivity index (χ2v) is 5.37.